The first-order chi connectivity index (χ1) is 14.0. The molecule has 0 N–H and O–H groups in total. The second-order valence-corrected chi connectivity index (χ2v) is 7.81. The van der Waals surface area contributed by atoms with E-state index in [9.17, 15) is 10.1 Å². The summed E-state index contributed by atoms with van der Waals surface area (Å²) in [6.07, 6.45) is 0. The quantitative estimate of drug-likeness (QED) is 0.760. The Labute approximate surface area is 174 Å². The van der Waals surface area contributed by atoms with Crippen molar-refractivity contribution in [3.63, 3.8) is 0 Å². The lowest BCUT2D eigenvalue weighted by Crippen LogP contribution is -2.54. The number of nitriles is 1. The van der Waals surface area contributed by atoms with Crippen molar-refractivity contribution in [2.75, 3.05) is 33.2 Å². The standard InChI is InChI=1S/C24H30N4O/c1-19-9-7-8-12-22(19)18-26(3)24(29)20(2)27-13-15-28(16-14-27)23(17-25)21-10-5-4-6-11-21/h4-12,20,23H,13-16,18H2,1-3H3. The third kappa shape index (κ3) is 5.03. The maximum Gasteiger partial charge on any atom is 0.239 e. The Morgan fingerprint density at radius 1 is 1.03 bits per heavy atom. The van der Waals surface area contributed by atoms with E-state index < -0.39 is 0 Å². The van der Waals surface area contributed by atoms with Crippen molar-refractivity contribution in [1.29, 1.82) is 5.26 Å². The second kappa shape index (κ2) is 9.69. The fourth-order valence-electron chi connectivity index (χ4n) is 3.98. The van der Waals surface area contributed by atoms with Crippen LogP contribution in [0.4, 0.5) is 0 Å². The Kier molecular flexibility index (Phi) is 7.03. The Bertz CT molecular complexity index is 853. The fourth-order valence-corrected chi connectivity index (χ4v) is 3.98. The summed E-state index contributed by atoms with van der Waals surface area (Å²) < 4.78 is 0. The molecule has 0 aliphatic carbocycles. The van der Waals surface area contributed by atoms with Crippen LogP contribution in [0.3, 0.4) is 0 Å². The van der Waals surface area contributed by atoms with E-state index >= 15 is 0 Å². The molecule has 2 atom stereocenters. The second-order valence-electron chi connectivity index (χ2n) is 7.81. The molecule has 29 heavy (non-hydrogen) atoms. The number of hydrogen-bond acceptors (Lipinski definition) is 4. The van der Waals surface area contributed by atoms with E-state index in [1.165, 1.54) is 11.1 Å². The number of benzene rings is 2. The van der Waals surface area contributed by atoms with E-state index in [1.54, 1.807) is 0 Å². The predicted octanol–water partition coefficient (Wildman–Crippen LogP) is 3.22. The van der Waals surface area contributed by atoms with Gasteiger partial charge in [0.1, 0.15) is 6.04 Å². The van der Waals surface area contributed by atoms with Crippen LogP contribution >= 0.6 is 0 Å². The number of nitrogens with zero attached hydrogens (tertiary/aromatic N) is 4. The zero-order chi connectivity index (χ0) is 20.8. The monoisotopic (exact) mass is 390 g/mol. The number of hydrogen-bond donors (Lipinski definition) is 0. The molecule has 1 heterocycles. The zero-order valence-electron chi connectivity index (χ0n) is 17.6. The Morgan fingerprint density at radius 2 is 1.62 bits per heavy atom. The first kappa shape index (κ1) is 21.0. The van der Waals surface area contributed by atoms with Gasteiger partial charge < -0.3 is 4.90 Å². The van der Waals surface area contributed by atoms with Gasteiger partial charge in [-0.15, -0.1) is 0 Å². The van der Waals surface area contributed by atoms with Crippen molar-refractivity contribution in [2.45, 2.75) is 32.5 Å². The van der Waals surface area contributed by atoms with Crippen LogP contribution in [0, 0.1) is 18.3 Å². The lowest BCUT2D eigenvalue weighted by atomic mass is 10.1. The van der Waals surface area contributed by atoms with Gasteiger partial charge in [-0.05, 0) is 30.5 Å². The van der Waals surface area contributed by atoms with Gasteiger partial charge in [0, 0.05) is 39.8 Å². The van der Waals surface area contributed by atoms with Gasteiger partial charge >= 0.3 is 0 Å². The van der Waals surface area contributed by atoms with Gasteiger partial charge in [0.05, 0.1) is 12.1 Å². The van der Waals surface area contributed by atoms with Gasteiger partial charge in [-0.1, -0.05) is 54.6 Å². The maximum absolute atomic E-state index is 13.0. The number of carbonyl (C=O) groups is 1. The number of likely N-dealkylation sites (N-methyl/N-ethyl adjacent to an activating group) is 1. The molecule has 1 fully saturated rings. The molecule has 2 unspecified atom stereocenters. The Morgan fingerprint density at radius 3 is 2.24 bits per heavy atom. The van der Waals surface area contributed by atoms with Crippen molar-refractivity contribution in [1.82, 2.24) is 14.7 Å². The maximum atomic E-state index is 13.0. The molecule has 5 heteroatoms. The van der Waals surface area contributed by atoms with Gasteiger partial charge in [-0.2, -0.15) is 5.26 Å². The number of amides is 1. The molecule has 0 spiro atoms. The van der Waals surface area contributed by atoms with E-state index in [0.717, 1.165) is 31.7 Å². The van der Waals surface area contributed by atoms with Crippen LogP contribution in [0.1, 0.15) is 29.7 Å². The molecule has 1 aliphatic rings. The molecule has 0 saturated carbocycles. The van der Waals surface area contributed by atoms with E-state index in [0.29, 0.717) is 6.54 Å². The highest BCUT2D eigenvalue weighted by Crippen LogP contribution is 2.22. The predicted molar refractivity (Wildman–Crippen MR) is 115 cm³/mol. The van der Waals surface area contributed by atoms with Gasteiger partial charge in [-0.3, -0.25) is 14.6 Å². The number of aryl methyl sites for hydroxylation is 1. The highest BCUT2D eigenvalue weighted by Gasteiger charge is 2.30. The average Bonchev–Trinajstić information content (AvgIpc) is 2.76. The zero-order valence-corrected chi connectivity index (χ0v) is 17.6. The molecule has 1 aliphatic heterocycles. The number of piperazine rings is 1. The molecular formula is C24H30N4O. The summed E-state index contributed by atoms with van der Waals surface area (Å²) >= 11 is 0. The van der Waals surface area contributed by atoms with E-state index in [-0.39, 0.29) is 18.0 Å². The van der Waals surface area contributed by atoms with Crippen LogP contribution in [0.25, 0.3) is 0 Å². The summed E-state index contributed by atoms with van der Waals surface area (Å²) in [4.78, 5) is 19.2. The number of carbonyl (C=O) groups excluding carboxylic acids is 1. The third-order valence-corrected chi connectivity index (χ3v) is 5.90. The third-order valence-electron chi connectivity index (χ3n) is 5.90. The van der Waals surface area contributed by atoms with Gasteiger partial charge in [0.15, 0.2) is 0 Å². The first-order valence-electron chi connectivity index (χ1n) is 10.2. The van der Waals surface area contributed by atoms with Gasteiger partial charge in [-0.25, -0.2) is 0 Å². The normalized spacial score (nSPS) is 17.3. The largest absolute Gasteiger partial charge is 0.340 e. The summed E-state index contributed by atoms with van der Waals surface area (Å²) in [7, 11) is 1.88. The van der Waals surface area contributed by atoms with Crippen LogP contribution in [-0.4, -0.2) is 59.9 Å². The molecule has 0 radical (unpaired) electrons. The SMILES string of the molecule is Cc1ccccc1CN(C)C(=O)C(C)N1CCN(C(C#N)c2ccccc2)CC1. The molecule has 152 valence electrons. The minimum absolute atomic E-state index is 0.140. The Balaban J connectivity index is 1.56. The van der Waals surface area contributed by atoms with Crippen LogP contribution in [0.15, 0.2) is 54.6 Å². The van der Waals surface area contributed by atoms with Gasteiger partial charge in [0.25, 0.3) is 0 Å². The van der Waals surface area contributed by atoms with E-state index in [2.05, 4.69) is 34.9 Å². The van der Waals surface area contributed by atoms with Crippen LogP contribution in [0.5, 0.6) is 0 Å². The first-order valence-corrected chi connectivity index (χ1v) is 10.2. The summed E-state index contributed by atoms with van der Waals surface area (Å²) in [6.45, 7) is 7.84. The smallest absolute Gasteiger partial charge is 0.239 e. The van der Waals surface area contributed by atoms with E-state index in [1.807, 2.05) is 61.3 Å². The summed E-state index contributed by atoms with van der Waals surface area (Å²) in [6, 6.07) is 20.2. The minimum atomic E-state index is -0.229. The average molecular weight is 391 g/mol. The molecule has 0 aromatic heterocycles. The molecule has 3 rings (SSSR count). The molecule has 1 saturated heterocycles. The molecule has 2 aromatic rings. The molecule has 0 bridgehead atoms. The fraction of sp³-hybridized carbons (Fsp3) is 0.417. The highest BCUT2D eigenvalue weighted by atomic mass is 16.2. The van der Waals surface area contributed by atoms with Crippen molar-refractivity contribution in [2.24, 2.45) is 0 Å². The molecule has 1 amide bonds. The van der Waals surface area contributed by atoms with E-state index in [4.69, 9.17) is 0 Å². The van der Waals surface area contributed by atoms with Crippen molar-refractivity contribution in [3.05, 3.63) is 71.3 Å². The minimum Gasteiger partial charge on any atom is -0.340 e. The topological polar surface area (TPSA) is 50.6 Å². The molecular weight excluding hydrogens is 360 g/mol. The van der Waals surface area contributed by atoms with Crippen molar-refractivity contribution >= 4 is 5.91 Å². The summed E-state index contributed by atoms with van der Waals surface area (Å²) in [5, 5.41) is 9.66. The number of rotatable bonds is 6. The molecule has 5 nitrogen and oxygen atoms in total. The lowest BCUT2D eigenvalue weighted by Gasteiger charge is -2.40. The lowest BCUT2D eigenvalue weighted by molar-refractivity contribution is -0.136. The van der Waals surface area contributed by atoms with Crippen LogP contribution in [-0.2, 0) is 11.3 Å². The van der Waals surface area contributed by atoms with Crippen molar-refractivity contribution < 1.29 is 4.79 Å². The molecule has 2 aromatic carbocycles. The highest BCUT2D eigenvalue weighted by molar-refractivity contribution is 5.81. The Hall–Kier alpha value is -2.68. The summed E-state index contributed by atoms with van der Waals surface area (Å²) in [5.41, 5.74) is 3.42. The van der Waals surface area contributed by atoms with Gasteiger partial charge in [0.2, 0.25) is 5.91 Å². The summed E-state index contributed by atoms with van der Waals surface area (Å²) in [5.74, 6) is 0.140. The van der Waals surface area contributed by atoms with Crippen LogP contribution in [0.2, 0.25) is 0 Å². The van der Waals surface area contributed by atoms with Crippen molar-refractivity contribution in [3.8, 4) is 6.07 Å². The van der Waals surface area contributed by atoms with Crippen LogP contribution < -0.4 is 0 Å².